The van der Waals surface area contributed by atoms with Crippen molar-refractivity contribution in [1.82, 2.24) is 9.47 Å². The second kappa shape index (κ2) is 7.16. The number of fused-ring (bicyclic) bond motifs is 5. The van der Waals surface area contributed by atoms with Gasteiger partial charge < -0.3 is 19.5 Å². The number of carbonyl (C=O) groups excluding carboxylic acids is 1. The van der Waals surface area contributed by atoms with Gasteiger partial charge in [0, 0.05) is 36.6 Å². The van der Waals surface area contributed by atoms with Gasteiger partial charge in [-0.1, -0.05) is 30.3 Å². The fraction of sp³-hybridized carbons (Fsp3) is 0.222. The topological polar surface area (TPSA) is 46.5 Å². The summed E-state index contributed by atoms with van der Waals surface area (Å²) in [7, 11) is 1.69. The molecule has 1 fully saturated rings. The van der Waals surface area contributed by atoms with Crippen LogP contribution in [-0.2, 0) is 5.54 Å². The number of rotatable bonds is 2. The molecule has 1 N–H and O–H groups in total. The summed E-state index contributed by atoms with van der Waals surface area (Å²) >= 11 is 0. The number of ether oxygens (including phenoxy) is 1. The molecule has 1 aromatic heterocycles. The summed E-state index contributed by atoms with van der Waals surface area (Å²) in [6, 6.07) is 24.6. The smallest absolute Gasteiger partial charge is 0.253 e. The lowest BCUT2D eigenvalue weighted by atomic mass is 9.82. The Morgan fingerprint density at radius 2 is 1.75 bits per heavy atom. The van der Waals surface area contributed by atoms with Crippen LogP contribution in [0.4, 0.5) is 5.69 Å². The average Bonchev–Trinajstić information content (AvgIpc) is 3.35. The molecule has 3 heterocycles. The first-order valence-corrected chi connectivity index (χ1v) is 11.1. The van der Waals surface area contributed by atoms with Gasteiger partial charge in [-0.25, -0.2) is 0 Å². The van der Waals surface area contributed by atoms with E-state index in [4.69, 9.17) is 4.74 Å². The molecular formula is C27H25N3O2. The first kappa shape index (κ1) is 19.0. The molecule has 5 heteroatoms. The predicted octanol–water partition coefficient (Wildman–Crippen LogP) is 5.20. The standard InChI is InChI=1S/C27H25N3O2/c1-32-22-10-11-24-23(18-22)28-27(25-7-4-14-30(24)25)12-15-29(16-13-27)26(31)21-9-8-19-5-2-3-6-20(19)17-21/h2-11,14,17-18,28H,12-13,15-16H2,1H3. The van der Waals surface area contributed by atoms with Gasteiger partial charge in [0.05, 0.1) is 24.0 Å². The summed E-state index contributed by atoms with van der Waals surface area (Å²) in [5, 5.41) is 6.07. The summed E-state index contributed by atoms with van der Waals surface area (Å²) in [5.74, 6) is 0.949. The van der Waals surface area contributed by atoms with Crippen LogP contribution in [0.2, 0.25) is 0 Å². The molecule has 2 aliphatic rings. The largest absolute Gasteiger partial charge is 0.497 e. The molecule has 5 nitrogen and oxygen atoms in total. The van der Waals surface area contributed by atoms with Crippen LogP contribution < -0.4 is 10.1 Å². The predicted molar refractivity (Wildman–Crippen MR) is 127 cm³/mol. The Morgan fingerprint density at radius 3 is 2.56 bits per heavy atom. The zero-order chi connectivity index (χ0) is 21.7. The molecule has 0 aliphatic carbocycles. The fourth-order valence-electron chi connectivity index (χ4n) is 5.23. The van der Waals surface area contributed by atoms with E-state index in [1.807, 2.05) is 41.3 Å². The molecule has 1 saturated heterocycles. The molecule has 0 saturated carbocycles. The van der Waals surface area contributed by atoms with E-state index in [0.717, 1.165) is 46.3 Å². The number of methoxy groups -OCH3 is 1. The van der Waals surface area contributed by atoms with Crippen LogP contribution in [0.1, 0.15) is 28.9 Å². The van der Waals surface area contributed by atoms with Crippen molar-refractivity contribution < 1.29 is 9.53 Å². The molecule has 1 amide bonds. The highest BCUT2D eigenvalue weighted by Crippen LogP contribution is 2.44. The number of nitrogens with zero attached hydrogens (tertiary/aromatic N) is 2. The number of amides is 1. The fourth-order valence-corrected chi connectivity index (χ4v) is 5.23. The Labute approximate surface area is 187 Å². The van der Waals surface area contributed by atoms with Crippen molar-refractivity contribution in [3.8, 4) is 11.4 Å². The van der Waals surface area contributed by atoms with Gasteiger partial charge in [0.2, 0.25) is 0 Å². The van der Waals surface area contributed by atoms with Crippen LogP contribution in [0.3, 0.4) is 0 Å². The molecular weight excluding hydrogens is 398 g/mol. The van der Waals surface area contributed by atoms with E-state index >= 15 is 0 Å². The van der Waals surface area contributed by atoms with Gasteiger partial charge in [0.1, 0.15) is 5.75 Å². The Balaban J connectivity index is 1.27. The van der Waals surface area contributed by atoms with Gasteiger partial charge in [-0.15, -0.1) is 0 Å². The first-order chi connectivity index (χ1) is 15.7. The molecule has 3 aromatic carbocycles. The summed E-state index contributed by atoms with van der Waals surface area (Å²) < 4.78 is 7.72. The Morgan fingerprint density at radius 1 is 0.938 bits per heavy atom. The maximum atomic E-state index is 13.3. The van der Waals surface area contributed by atoms with Crippen molar-refractivity contribution in [2.45, 2.75) is 18.4 Å². The van der Waals surface area contributed by atoms with Gasteiger partial charge in [-0.05, 0) is 60.0 Å². The molecule has 0 radical (unpaired) electrons. The number of carbonyl (C=O) groups is 1. The summed E-state index contributed by atoms with van der Waals surface area (Å²) in [5.41, 5.74) is 4.03. The third-order valence-electron chi connectivity index (χ3n) is 6.98. The first-order valence-electron chi connectivity index (χ1n) is 11.1. The Hall–Kier alpha value is -3.73. The normalized spacial score (nSPS) is 16.3. The van der Waals surface area contributed by atoms with E-state index in [9.17, 15) is 4.79 Å². The monoisotopic (exact) mass is 423 g/mol. The van der Waals surface area contributed by atoms with Crippen LogP contribution in [0.15, 0.2) is 79.0 Å². The van der Waals surface area contributed by atoms with Gasteiger partial charge in [0.25, 0.3) is 5.91 Å². The summed E-state index contributed by atoms with van der Waals surface area (Å²) in [6.45, 7) is 1.42. The highest BCUT2D eigenvalue weighted by Gasteiger charge is 2.42. The summed E-state index contributed by atoms with van der Waals surface area (Å²) in [4.78, 5) is 15.3. The number of nitrogens with one attached hydrogen (secondary N) is 1. The van der Waals surface area contributed by atoms with E-state index < -0.39 is 0 Å². The number of hydrogen-bond acceptors (Lipinski definition) is 3. The van der Waals surface area contributed by atoms with Gasteiger partial charge in [-0.3, -0.25) is 4.79 Å². The highest BCUT2D eigenvalue weighted by atomic mass is 16.5. The minimum absolute atomic E-state index is 0.110. The van der Waals surface area contributed by atoms with Crippen LogP contribution in [-0.4, -0.2) is 35.6 Å². The molecule has 160 valence electrons. The maximum absolute atomic E-state index is 13.3. The van der Waals surface area contributed by atoms with Crippen molar-refractivity contribution in [2.24, 2.45) is 0 Å². The average molecular weight is 424 g/mol. The summed E-state index contributed by atoms with van der Waals surface area (Å²) in [6.07, 6.45) is 3.83. The highest BCUT2D eigenvalue weighted by molar-refractivity contribution is 5.98. The van der Waals surface area contributed by atoms with E-state index in [2.05, 4.69) is 52.5 Å². The minimum atomic E-state index is -0.191. The van der Waals surface area contributed by atoms with Crippen molar-refractivity contribution in [3.05, 3.63) is 90.3 Å². The molecule has 0 unspecified atom stereocenters. The van der Waals surface area contributed by atoms with E-state index in [0.29, 0.717) is 13.1 Å². The van der Waals surface area contributed by atoms with E-state index in [1.165, 1.54) is 5.69 Å². The van der Waals surface area contributed by atoms with Crippen LogP contribution in [0, 0.1) is 0 Å². The van der Waals surface area contributed by atoms with Crippen LogP contribution in [0.5, 0.6) is 5.75 Å². The lowest BCUT2D eigenvalue weighted by Crippen LogP contribution is -2.51. The van der Waals surface area contributed by atoms with E-state index in [1.54, 1.807) is 7.11 Å². The lowest BCUT2D eigenvalue weighted by Gasteiger charge is -2.46. The second-order valence-electron chi connectivity index (χ2n) is 8.71. The Bertz CT molecular complexity index is 1330. The molecule has 32 heavy (non-hydrogen) atoms. The molecule has 0 atom stereocenters. The van der Waals surface area contributed by atoms with Crippen LogP contribution >= 0.6 is 0 Å². The van der Waals surface area contributed by atoms with Crippen molar-refractivity contribution in [2.75, 3.05) is 25.5 Å². The third kappa shape index (κ3) is 2.88. The van der Waals surface area contributed by atoms with Gasteiger partial charge in [0.15, 0.2) is 0 Å². The number of benzene rings is 3. The molecule has 4 aromatic rings. The van der Waals surface area contributed by atoms with Crippen molar-refractivity contribution >= 4 is 22.4 Å². The van der Waals surface area contributed by atoms with Crippen molar-refractivity contribution in [3.63, 3.8) is 0 Å². The number of likely N-dealkylation sites (tertiary alicyclic amines) is 1. The third-order valence-corrected chi connectivity index (χ3v) is 6.98. The quantitative estimate of drug-likeness (QED) is 0.482. The minimum Gasteiger partial charge on any atom is -0.497 e. The van der Waals surface area contributed by atoms with Crippen LogP contribution in [0.25, 0.3) is 16.5 Å². The number of hydrogen-bond donors (Lipinski definition) is 1. The maximum Gasteiger partial charge on any atom is 0.253 e. The molecule has 2 aliphatic heterocycles. The zero-order valence-electron chi connectivity index (χ0n) is 18.0. The number of piperidine rings is 1. The second-order valence-corrected chi connectivity index (χ2v) is 8.71. The Kier molecular flexibility index (Phi) is 4.25. The molecule has 0 bridgehead atoms. The number of aromatic nitrogens is 1. The lowest BCUT2D eigenvalue weighted by molar-refractivity contribution is 0.0676. The molecule has 1 spiro atoms. The SMILES string of the molecule is COc1ccc2c(c1)NC1(CCN(C(=O)c3ccc4ccccc4c3)CC1)c1cccn1-2. The van der Waals surface area contributed by atoms with E-state index in [-0.39, 0.29) is 11.4 Å². The molecule has 6 rings (SSSR count). The number of anilines is 1. The van der Waals surface area contributed by atoms with Crippen molar-refractivity contribution in [1.29, 1.82) is 0 Å². The zero-order valence-corrected chi connectivity index (χ0v) is 18.0. The van der Waals surface area contributed by atoms with Gasteiger partial charge >= 0.3 is 0 Å². The van der Waals surface area contributed by atoms with Gasteiger partial charge in [-0.2, -0.15) is 0 Å².